The number of phenols is 1. The summed E-state index contributed by atoms with van der Waals surface area (Å²) >= 11 is 0. The SMILES string of the molecule is CC(C)C(CN)c1cncn1Cc1ccc(O)cc1. The van der Waals surface area contributed by atoms with Crippen LogP contribution in [0.1, 0.15) is 31.0 Å². The highest BCUT2D eigenvalue weighted by atomic mass is 16.3. The quantitative estimate of drug-likeness (QED) is 0.866. The van der Waals surface area contributed by atoms with Crippen LogP contribution in [0.3, 0.4) is 0 Å². The number of imidazole rings is 1. The summed E-state index contributed by atoms with van der Waals surface area (Å²) in [6.45, 7) is 5.72. The third-order valence-electron chi connectivity index (χ3n) is 3.47. The monoisotopic (exact) mass is 259 g/mol. The van der Waals surface area contributed by atoms with E-state index in [1.54, 1.807) is 12.1 Å². The van der Waals surface area contributed by atoms with Crippen LogP contribution in [0.25, 0.3) is 0 Å². The minimum atomic E-state index is 0.289. The van der Waals surface area contributed by atoms with Gasteiger partial charge >= 0.3 is 0 Å². The van der Waals surface area contributed by atoms with Crippen LogP contribution in [-0.4, -0.2) is 21.2 Å². The Labute approximate surface area is 113 Å². The summed E-state index contributed by atoms with van der Waals surface area (Å²) in [4.78, 5) is 4.25. The summed E-state index contributed by atoms with van der Waals surface area (Å²) in [5, 5.41) is 9.30. The molecule has 1 aromatic carbocycles. The number of aromatic nitrogens is 2. The molecular formula is C15H21N3O. The molecule has 1 aromatic heterocycles. The van der Waals surface area contributed by atoms with Crippen molar-refractivity contribution >= 4 is 0 Å². The van der Waals surface area contributed by atoms with Gasteiger partial charge in [-0.3, -0.25) is 0 Å². The van der Waals surface area contributed by atoms with E-state index in [2.05, 4.69) is 23.4 Å². The normalized spacial score (nSPS) is 12.8. The van der Waals surface area contributed by atoms with Crippen LogP contribution >= 0.6 is 0 Å². The lowest BCUT2D eigenvalue weighted by Crippen LogP contribution is -2.21. The number of rotatable bonds is 5. The minimum Gasteiger partial charge on any atom is -0.508 e. The van der Waals surface area contributed by atoms with Crippen LogP contribution in [0.15, 0.2) is 36.8 Å². The van der Waals surface area contributed by atoms with Gasteiger partial charge < -0.3 is 15.4 Å². The van der Waals surface area contributed by atoms with Crippen molar-refractivity contribution in [3.8, 4) is 5.75 Å². The Bertz CT molecular complexity index is 516. The van der Waals surface area contributed by atoms with Crippen LogP contribution in [0, 0.1) is 5.92 Å². The zero-order valence-electron chi connectivity index (χ0n) is 11.5. The lowest BCUT2D eigenvalue weighted by molar-refractivity contribution is 0.473. The fourth-order valence-corrected chi connectivity index (χ4v) is 2.30. The summed E-state index contributed by atoms with van der Waals surface area (Å²) in [5.41, 5.74) is 8.18. The molecule has 0 aliphatic carbocycles. The van der Waals surface area contributed by atoms with Crippen LogP contribution in [-0.2, 0) is 6.54 Å². The first kappa shape index (κ1) is 13.6. The lowest BCUT2D eigenvalue weighted by atomic mass is 9.93. The second kappa shape index (κ2) is 5.89. The van der Waals surface area contributed by atoms with Gasteiger partial charge in [-0.25, -0.2) is 4.98 Å². The average Bonchev–Trinajstić information content (AvgIpc) is 2.81. The standard InChI is InChI=1S/C15H21N3O/c1-11(2)14(7-16)15-8-17-10-18(15)9-12-3-5-13(19)6-4-12/h3-6,8,10-11,14,19H,7,9,16H2,1-2H3. The maximum absolute atomic E-state index is 9.30. The first-order chi connectivity index (χ1) is 9.11. The number of phenolic OH excluding ortho intramolecular Hbond substituents is 1. The van der Waals surface area contributed by atoms with Gasteiger partial charge in [0.25, 0.3) is 0 Å². The zero-order chi connectivity index (χ0) is 13.8. The molecule has 2 aromatic rings. The highest BCUT2D eigenvalue weighted by Crippen LogP contribution is 2.23. The van der Waals surface area contributed by atoms with Gasteiger partial charge in [0, 0.05) is 30.9 Å². The Morgan fingerprint density at radius 1 is 1.26 bits per heavy atom. The maximum atomic E-state index is 9.30. The molecule has 2 rings (SSSR count). The third-order valence-corrected chi connectivity index (χ3v) is 3.47. The van der Waals surface area contributed by atoms with Crippen molar-refractivity contribution < 1.29 is 5.11 Å². The predicted molar refractivity (Wildman–Crippen MR) is 76.1 cm³/mol. The molecule has 0 saturated heterocycles. The molecule has 0 aliphatic heterocycles. The molecule has 0 saturated carbocycles. The Hall–Kier alpha value is -1.81. The maximum Gasteiger partial charge on any atom is 0.115 e. The molecule has 4 heteroatoms. The van der Waals surface area contributed by atoms with Crippen molar-refractivity contribution in [2.75, 3.05) is 6.54 Å². The van der Waals surface area contributed by atoms with E-state index >= 15 is 0 Å². The Morgan fingerprint density at radius 2 is 1.95 bits per heavy atom. The van der Waals surface area contributed by atoms with Gasteiger partial charge in [-0.2, -0.15) is 0 Å². The van der Waals surface area contributed by atoms with E-state index in [-0.39, 0.29) is 5.75 Å². The van der Waals surface area contributed by atoms with Gasteiger partial charge in [0.05, 0.1) is 6.33 Å². The van der Waals surface area contributed by atoms with E-state index in [9.17, 15) is 5.11 Å². The smallest absolute Gasteiger partial charge is 0.115 e. The summed E-state index contributed by atoms with van der Waals surface area (Å²) in [5.74, 6) is 1.09. The van der Waals surface area contributed by atoms with Crippen molar-refractivity contribution in [3.05, 3.63) is 48.0 Å². The molecule has 4 nitrogen and oxygen atoms in total. The largest absolute Gasteiger partial charge is 0.508 e. The predicted octanol–water partition coefficient (Wildman–Crippen LogP) is 2.34. The summed E-state index contributed by atoms with van der Waals surface area (Å²) in [6.07, 6.45) is 3.74. The first-order valence-electron chi connectivity index (χ1n) is 6.59. The highest BCUT2D eigenvalue weighted by Gasteiger charge is 2.18. The van der Waals surface area contributed by atoms with E-state index in [0.29, 0.717) is 18.4 Å². The number of aromatic hydroxyl groups is 1. The number of benzene rings is 1. The van der Waals surface area contributed by atoms with Gasteiger partial charge in [0.15, 0.2) is 0 Å². The van der Waals surface area contributed by atoms with Crippen molar-refractivity contribution in [2.24, 2.45) is 11.7 Å². The topological polar surface area (TPSA) is 64.1 Å². The molecule has 1 unspecified atom stereocenters. The molecular weight excluding hydrogens is 238 g/mol. The molecule has 0 spiro atoms. The molecule has 1 atom stereocenters. The first-order valence-corrected chi connectivity index (χ1v) is 6.59. The summed E-state index contributed by atoms with van der Waals surface area (Å²) in [6, 6.07) is 7.25. The molecule has 0 aliphatic rings. The second-order valence-corrected chi connectivity index (χ2v) is 5.20. The number of hydrogen-bond donors (Lipinski definition) is 2. The van der Waals surface area contributed by atoms with Crippen molar-refractivity contribution in [3.63, 3.8) is 0 Å². The molecule has 19 heavy (non-hydrogen) atoms. The van der Waals surface area contributed by atoms with Gasteiger partial charge in [0.1, 0.15) is 5.75 Å². The van der Waals surface area contributed by atoms with E-state index in [0.717, 1.165) is 12.1 Å². The van der Waals surface area contributed by atoms with Crippen LogP contribution in [0.4, 0.5) is 0 Å². The molecule has 3 N–H and O–H groups in total. The number of nitrogens with zero attached hydrogens (tertiary/aromatic N) is 2. The fraction of sp³-hybridized carbons (Fsp3) is 0.400. The van der Waals surface area contributed by atoms with Crippen molar-refractivity contribution in [1.82, 2.24) is 9.55 Å². The number of nitrogens with two attached hydrogens (primary N) is 1. The summed E-state index contributed by atoms with van der Waals surface area (Å²) in [7, 11) is 0. The van der Waals surface area contributed by atoms with Crippen LogP contribution in [0.5, 0.6) is 5.75 Å². The molecule has 1 heterocycles. The Balaban J connectivity index is 2.22. The van der Waals surface area contributed by atoms with E-state index in [4.69, 9.17) is 5.73 Å². The van der Waals surface area contributed by atoms with Gasteiger partial charge in [0.2, 0.25) is 0 Å². The van der Waals surface area contributed by atoms with E-state index in [1.807, 2.05) is 24.7 Å². The fourth-order valence-electron chi connectivity index (χ4n) is 2.30. The van der Waals surface area contributed by atoms with Crippen LogP contribution in [0.2, 0.25) is 0 Å². The van der Waals surface area contributed by atoms with E-state index in [1.165, 1.54) is 5.69 Å². The summed E-state index contributed by atoms with van der Waals surface area (Å²) < 4.78 is 2.13. The van der Waals surface area contributed by atoms with E-state index < -0.39 is 0 Å². The van der Waals surface area contributed by atoms with Gasteiger partial charge in [-0.1, -0.05) is 26.0 Å². The molecule has 0 amide bonds. The Morgan fingerprint density at radius 3 is 2.53 bits per heavy atom. The number of hydrogen-bond acceptors (Lipinski definition) is 3. The molecule has 0 fully saturated rings. The van der Waals surface area contributed by atoms with Gasteiger partial charge in [-0.15, -0.1) is 0 Å². The zero-order valence-corrected chi connectivity index (χ0v) is 11.5. The van der Waals surface area contributed by atoms with Crippen molar-refractivity contribution in [2.45, 2.75) is 26.3 Å². The highest BCUT2D eigenvalue weighted by molar-refractivity contribution is 5.26. The minimum absolute atomic E-state index is 0.289. The van der Waals surface area contributed by atoms with Crippen molar-refractivity contribution in [1.29, 1.82) is 0 Å². The lowest BCUT2D eigenvalue weighted by Gasteiger charge is -2.20. The third kappa shape index (κ3) is 3.15. The van der Waals surface area contributed by atoms with Crippen LogP contribution < -0.4 is 5.73 Å². The second-order valence-electron chi connectivity index (χ2n) is 5.20. The van der Waals surface area contributed by atoms with Gasteiger partial charge in [-0.05, 0) is 23.6 Å². The average molecular weight is 259 g/mol. The molecule has 0 bridgehead atoms. The Kier molecular flexibility index (Phi) is 4.22. The molecule has 102 valence electrons. The molecule has 0 radical (unpaired) electrons.